The molecule has 1 fully saturated rings. The molecule has 1 aromatic carbocycles. The van der Waals surface area contributed by atoms with Crippen molar-refractivity contribution in [1.82, 2.24) is 20.1 Å². The Labute approximate surface area is 196 Å². The normalized spacial score (nSPS) is 17.7. The predicted molar refractivity (Wildman–Crippen MR) is 115 cm³/mol. The molecule has 1 amide bonds. The second kappa shape index (κ2) is 9.74. The number of nitrogens with zero attached hydrogens (tertiary/aromatic N) is 5. The van der Waals surface area contributed by atoms with Gasteiger partial charge in [-0.15, -0.1) is 0 Å². The molecule has 1 aliphatic rings. The molecule has 3 heterocycles. The Morgan fingerprint density at radius 1 is 1.29 bits per heavy atom. The van der Waals surface area contributed by atoms with Crippen LogP contribution >= 0.6 is 0 Å². The minimum Gasteiger partial charge on any atom is -0.484 e. The van der Waals surface area contributed by atoms with Crippen LogP contribution in [0.2, 0.25) is 0 Å². The lowest BCUT2D eigenvalue weighted by atomic mass is 10.2. The lowest BCUT2D eigenvalue weighted by Gasteiger charge is -2.22. The van der Waals surface area contributed by atoms with Gasteiger partial charge in [-0.2, -0.15) is 23.1 Å². The Balaban J connectivity index is 1.46. The zero-order chi connectivity index (χ0) is 25.2. The van der Waals surface area contributed by atoms with E-state index in [4.69, 9.17) is 14.0 Å². The molecule has 11 nitrogen and oxygen atoms in total. The highest BCUT2D eigenvalue weighted by atomic mass is 19.4. The molecule has 2 N–H and O–H groups in total. The highest BCUT2D eigenvalue weighted by Gasteiger charge is 2.38. The van der Waals surface area contributed by atoms with Crippen LogP contribution in [0.3, 0.4) is 0 Å². The number of halogens is 3. The molecule has 0 radical (unpaired) electrons. The van der Waals surface area contributed by atoms with Gasteiger partial charge in [0.2, 0.25) is 17.7 Å². The van der Waals surface area contributed by atoms with Gasteiger partial charge in [0.05, 0.1) is 6.10 Å². The monoisotopic (exact) mass is 494 g/mol. The standard InChI is InChI=1S/C21H21F3N6O5/c1-11(26-19-25-7-6-16(27-19)30-15(12(2)31)9-33-20(30)32)18-28-17(29-35-18)13-4-3-5-14(8-13)34-10-21(22,23)24/h3-8,11-12,15,31H,9-10H2,1-2H3,(H,25,26,27)/t11-,12-,15-/m1/s1. The molecule has 0 unspecified atom stereocenters. The number of nitrogens with one attached hydrogen (secondary N) is 1. The maximum atomic E-state index is 12.4. The molecule has 0 bridgehead atoms. The van der Waals surface area contributed by atoms with Crippen molar-refractivity contribution in [3.05, 3.63) is 42.4 Å². The van der Waals surface area contributed by atoms with Gasteiger partial charge in [0, 0.05) is 11.8 Å². The van der Waals surface area contributed by atoms with Gasteiger partial charge in [0.1, 0.15) is 30.3 Å². The number of aliphatic hydroxyl groups is 1. The number of rotatable bonds is 8. The van der Waals surface area contributed by atoms with Crippen LogP contribution in [0, 0.1) is 0 Å². The van der Waals surface area contributed by atoms with Gasteiger partial charge in [-0.3, -0.25) is 4.90 Å². The van der Waals surface area contributed by atoms with Crippen molar-refractivity contribution >= 4 is 17.9 Å². The fourth-order valence-electron chi connectivity index (χ4n) is 3.28. The molecule has 3 atom stereocenters. The quantitative estimate of drug-likeness (QED) is 0.480. The molecule has 3 aromatic rings. The summed E-state index contributed by atoms with van der Waals surface area (Å²) in [5.41, 5.74) is 0.404. The fraction of sp³-hybridized carbons (Fsp3) is 0.381. The average Bonchev–Trinajstić information content (AvgIpc) is 3.45. The number of aromatic nitrogens is 4. The molecule has 186 valence electrons. The first-order chi connectivity index (χ1) is 16.6. The summed E-state index contributed by atoms with van der Waals surface area (Å²) in [6.45, 7) is 1.88. The molecule has 1 saturated heterocycles. The van der Waals surface area contributed by atoms with Crippen molar-refractivity contribution in [3.63, 3.8) is 0 Å². The number of alkyl halides is 3. The largest absolute Gasteiger partial charge is 0.484 e. The molecule has 0 spiro atoms. The summed E-state index contributed by atoms with van der Waals surface area (Å²) >= 11 is 0. The van der Waals surface area contributed by atoms with E-state index in [-0.39, 0.29) is 35.8 Å². The zero-order valence-corrected chi connectivity index (χ0v) is 18.6. The number of anilines is 2. The van der Waals surface area contributed by atoms with Gasteiger partial charge in [0.25, 0.3) is 0 Å². The van der Waals surface area contributed by atoms with Gasteiger partial charge in [-0.05, 0) is 32.0 Å². The molecule has 1 aliphatic heterocycles. The van der Waals surface area contributed by atoms with Crippen LogP contribution in [0.4, 0.5) is 29.7 Å². The first-order valence-corrected chi connectivity index (χ1v) is 10.5. The third-order valence-electron chi connectivity index (χ3n) is 5.00. The Kier molecular flexibility index (Phi) is 6.73. The van der Waals surface area contributed by atoms with Crippen molar-refractivity contribution in [3.8, 4) is 17.1 Å². The van der Waals surface area contributed by atoms with Gasteiger partial charge in [-0.25, -0.2) is 9.78 Å². The SMILES string of the molecule is C[C@@H](Nc1nccc(N2C(=O)OC[C@@H]2[C@@H](C)O)n1)c1nc(-c2cccc(OCC(F)(F)F)c2)no1. The van der Waals surface area contributed by atoms with E-state index in [9.17, 15) is 23.1 Å². The highest BCUT2D eigenvalue weighted by Crippen LogP contribution is 2.27. The summed E-state index contributed by atoms with van der Waals surface area (Å²) in [6, 6.07) is 6.25. The number of cyclic esters (lactones) is 1. The van der Waals surface area contributed by atoms with Crippen LogP contribution < -0.4 is 15.0 Å². The number of amides is 1. The van der Waals surface area contributed by atoms with Crippen LogP contribution in [-0.4, -0.2) is 62.8 Å². The lowest BCUT2D eigenvalue weighted by Crippen LogP contribution is -2.41. The molecule has 14 heteroatoms. The first-order valence-electron chi connectivity index (χ1n) is 10.5. The van der Waals surface area contributed by atoms with Gasteiger partial charge in [0.15, 0.2) is 6.61 Å². The molecule has 2 aromatic heterocycles. The summed E-state index contributed by atoms with van der Waals surface area (Å²) in [4.78, 5) is 26.1. The molecule has 0 aliphatic carbocycles. The number of carbonyl (C=O) groups excluding carboxylic acids is 1. The summed E-state index contributed by atoms with van der Waals surface area (Å²) in [7, 11) is 0. The maximum absolute atomic E-state index is 12.4. The van der Waals surface area contributed by atoms with Crippen LogP contribution in [0.15, 0.2) is 41.1 Å². The number of hydrogen-bond donors (Lipinski definition) is 2. The van der Waals surface area contributed by atoms with Gasteiger partial charge in [-0.1, -0.05) is 17.3 Å². The van der Waals surface area contributed by atoms with Crippen molar-refractivity contribution in [2.45, 2.75) is 38.2 Å². The van der Waals surface area contributed by atoms with E-state index in [1.807, 2.05) is 0 Å². The summed E-state index contributed by atoms with van der Waals surface area (Å²) < 4.78 is 52.3. The van der Waals surface area contributed by atoms with E-state index in [0.29, 0.717) is 5.56 Å². The van der Waals surface area contributed by atoms with Crippen LogP contribution in [0.25, 0.3) is 11.4 Å². The lowest BCUT2D eigenvalue weighted by molar-refractivity contribution is -0.153. The van der Waals surface area contributed by atoms with Crippen LogP contribution in [-0.2, 0) is 4.74 Å². The van der Waals surface area contributed by atoms with E-state index >= 15 is 0 Å². The number of aliphatic hydroxyl groups excluding tert-OH is 1. The molecule has 4 rings (SSSR count). The molecular weight excluding hydrogens is 473 g/mol. The smallest absolute Gasteiger partial charge is 0.422 e. The number of benzene rings is 1. The van der Waals surface area contributed by atoms with Gasteiger partial charge < -0.3 is 24.4 Å². The van der Waals surface area contributed by atoms with Crippen molar-refractivity contribution in [1.29, 1.82) is 0 Å². The number of ether oxygens (including phenoxy) is 2. The Morgan fingerprint density at radius 2 is 2.09 bits per heavy atom. The second-order valence-electron chi connectivity index (χ2n) is 7.75. The Hall–Kier alpha value is -3.94. The first kappa shape index (κ1) is 24.2. The topological polar surface area (TPSA) is 136 Å². The Bertz CT molecular complexity index is 1190. The summed E-state index contributed by atoms with van der Waals surface area (Å²) in [5.74, 6) is 0.725. The van der Waals surface area contributed by atoms with Crippen LogP contribution in [0.5, 0.6) is 5.75 Å². The second-order valence-corrected chi connectivity index (χ2v) is 7.75. The minimum atomic E-state index is -4.46. The van der Waals surface area contributed by atoms with E-state index in [0.717, 1.165) is 0 Å². The van der Waals surface area contributed by atoms with E-state index in [2.05, 4.69) is 25.4 Å². The van der Waals surface area contributed by atoms with Crippen molar-refractivity contribution in [2.75, 3.05) is 23.4 Å². The van der Waals surface area contributed by atoms with E-state index < -0.39 is 37.1 Å². The number of hydrogen-bond acceptors (Lipinski definition) is 10. The molecule has 35 heavy (non-hydrogen) atoms. The third kappa shape index (κ3) is 5.77. The summed E-state index contributed by atoms with van der Waals surface area (Å²) in [5, 5.41) is 16.8. The maximum Gasteiger partial charge on any atom is 0.422 e. The zero-order valence-electron chi connectivity index (χ0n) is 18.6. The minimum absolute atomic E-state index is 0.0125. The molecular formula is C21H21F3N6O5. The third-order valence-corrected chi connectivity index (χ3v) is 5.00. The number of carbonyl (C=O) groups is 1. The van der Waals surface area contributed by atoms with E-state index in [1.165, 1.54) is 35.4 Å². The fourth-order valence-corrected chi connectivity index (χ4v) is 3.28. The van der Waals surface area contributed by atoms with Crippen LogP contribution in [0.1, 0.15) is 25.8 Å². The Morgan fingerprint density at radius 3 is 2.83 bits per heavy atom. The van der Waals surface area contributed by atoms with Crippen molar-refractivity contribution in [2.24, 2.45) is 0 Å². The molecule has 0 saturated carbocycles. The predicted octanol–water partition coefficient (Wildman–Crippen LogP) is 3.35. The van der Waals surface area contributed by atoms with Crippen molar-refractivity contribution < 1.29 is 37.1 Å². The van der Waals surface area contributed by atoms with Gasteiger partial charge >= 0.3 is 12.3 Å². The highest BCUT2D eigenvalue weighted by molar-refractivity contribution is 5.89. The average molecular weight is 494 g/mol. The summed E-state index contributed by atoms with van der Waals surface area (Å²) in [6.07, 6.45) is -4.48. The van der Waals surface area contributed by atoms with E-state index in [1.54, 1.807) is 19.9 Å².